The molecule has 2 rings (SSSR count). The topological polar surface area (TPSA) is 72.5 Å². The number of amides is 1. The van der Waals surface area contributed by atoms with Gasteiger partial charge in [-0.1, -0.05) is 12.1 Å². The van der Waals surface area contributed by atoms with Gasteiger partial charge in [0.15, 0.2) is 9.84 Å². The van der Waals surface area contributed by atoms with Gasteiger partial charge in [0, 0.05) is 11.9 Å². The summed E-state index contributed by atoms with van der Waals surface area (Å²) in [5.41, 5.74) is 1.43. The van der Waals surface area contributed by atoms with Gasteiger partial charge < -0.3 is 10.1 Å². The first-order chi connectivity index (χ1) is 10.4. The highest BCUT2D eigenvalue weighted by Gasteiger charge is 2.08. The van der Waals surface area contributed by atoms with Crippen LogP contribution in [0.15, 0.2) is 53.4 Å². The Morgan fingerprint density at radius 2 is 1.64 bits per heavy atom. The Labute approximate surface area is 129 Å². The van der Waals surface area contributed by atoms with E-state index in [0.29, 0.717) is 5.69 Å². The number of carbonyl (C=O) groups excluding carboxylic acids is 1. The minimum absolute atomic E-state index is 0.169. The SMILES string of the molecule is COc1ccc(CC(=O)Nc2ccc(S(C)(=O)=O)cc2)cc1. The third kappa shape index (κ3) is 4.33. The van der Waals surface area contributed by atoms with Crippen molar-refractivity contribution in [1.29, 1.82) is 0 Å². The molecule has 0 heterocycles. The molecule has 0 bridgehead atoms. The van der Waals surface area contributed by atoms with E-state index in [2.05, 4.69) is 5.32 Å². The maximum Gasteiger partial charge on any atom is 0.228 e. The van der Waals surface area contributed by atoms with Crippen molar-refractivity contribution >= 4 is 21.4 Å². The number of methoxy groups -OCH3 is 1. The van der Waals surface area contributed by atoms with Crippen LogP contribution in [0.1, 0.15) is 5.56 Å². The standard InChI is InChI=1S/C16H17NO4S/c1-21-14-7-3-12(4-8-14)11-16(18)17-13-5-9-15(10-6-13)22(2,19)20/h3-10H,11H2,1-2H3,(H,17,18). The molecular weight excluding hydrogens is 302 g/mol. The molecule has 2 aromatic carbocycles. The van der Waals surface area contributed by atoms with Crippen molar-refractivity contribution in [3.05, 3.63) is 54.1 Å². The maximum absolute atomic E-state index is 12.0. The largest absolute Gasteiger partial charge is 0.497 e. The Hall–Kier alpha value is -2.34. The van der Waals surface area contributed by atoms with Crippen molar-refractivity contribution in [3.8, 4) is 5.75 Å². The molecule has 0 aliphatic heterocycles. The second kappa shape index (κ2) is 6.62. The summed E-state index contributed by atoms with van der Waals surface area (Å²) in [7, 11) is -1.64. The van der Waals surface area contributed by atoms with E-state index in [1.165, 1.54) is 12.1 Å². The Bertz CT molecular complexity index is 750. The second-order valence-corrected chi connectivity index (χ2v) is 6.89. The third-order valence-corrected chi connectivity index (χ3v) is 4.22. The molecule has 0 fully saturated rings. The highest BCUT2D eigenvalue weighted by atomic mass is 32.2. The maximum atomic E-state index is 12.0. The number of benzene rings is 2. The summed E-state index contributed by atoms with van der Waals surface area (Å²) >= 11 is 0. The number of ether oxygens (including phenoxy) is 1. The summed E-state index contributed by atoms with van der Waals surface area (Å²) in [5.74, 6) is 0.567. The molecule has 0 saturated carbocycles. The van der Waals surface area contributed by atoms with Crippen LogP contribution in [0.2, 0.25) is 0 Å². The van der Waals surface area contributed by atoms with Crippen molar-refractivity contribution in [1.82, 2.24) is 0 Å². The van der Waals surface area contributed by atoms with Crippen molar-refractivity contribution < 1.29 is 17.9 Å². The minimum Gasteiger partial charge on any atom is -0.497 e. The first kappa shape index (κ1) is 16.0. The normalized spacial score (nSPS) is 11.0. The van der Waals surface area contributed by atoms with Gasteiger partial charge in [0.1, 0.15) is 5.75 Å². The van der Waals surface area contributed by atoms with Crippen molar-refractivity contribution in [3.63, 3.8) is 0 Å². The third-order valence-electron chi connectivity index (χ3n) is 3.09. The highest BCUT2D eigenvalue weighted by molar-refractivity contribution is 7.90. The number of anilines is 1. The van der Waals surface area contributed by atoms with Gasteiger partial charge in [-0.05, 0) is 42.0 Å². The summed E-state index contributed by atoms with van der Waals surface area (Å²) in [6.07, 6.45) is 1.38. The average molecular weight is 319 g/mol. The zero-order valence-corrected chi connectivity index (χ0v) is 13.2. The summed E-state index contributed by atoms with van der Waals surface area (Å²) in [6, 6.07) is 13.3. The van der Waals surface area contributed by atoms with Gasteiger partial charge >= 0.3 is 0 Å². The molecule has 0 spiro atoms. The molecule has 1 N–H and O–H groups in total. The summed E-state index contributed by atoms with van der Waals surface area (Å²) in [4.78, 5) is 12.2. The van der Waals surface area contributed by atoms with Crippen LogP contribution in [0.3, 0.4) is 0 Å². The molecular formula is C16H17NO4S. The first-order valence-corrected chi connectivity index (χ1v) is 8.50. The molecule has 0 aliphatic rings. The van der Waals surface area contributed by atoms with E-state index in [-0.39, 0.29) is 17.2 Å². The highest BCUT2D eigenvalue weighted by Crippen LogP contribution is 2.15. The van der Waals surface area contributed by atoms with E-state index in [1.807, 2.05) is 12.1 Å². The lowest BCUT2D eigenvalue weighted by Crippen LogP contribution is -2.14. The molecule has 116 valence electrons. The Morgan fingerprint density at radius 1 is 1.05 bits per heavy atom. The molecule has 22 heavy (non-hydrogen) atoms. The van der Waals surface area contributed by atoms with Crippen LogP contribution in [0.5, 0.6) is 5.75 Å². The summed E-state index contributed by atoms with van der Waals surface area (Å²) < 4.78 is 27.8. The Kier molecular flexibility index (Phi) is 4.82. The van der Waals surface area contributed by atoms with Gasteiger partial charge in [-0.15, -0.1) is 0 Å². The van der Waals surface area contributed by atoms with Gasteiger partial charge in [0.25, 0.3) is 0 Å². The van der Waals surface area contributed by atoms with Crippen LogP contribution in [0, 0.1) is 0 Å². The monoisotopic (exact) mass is 319 g/mol. The van der Waals surface area contributed by atoms with Gasteiger partial charge in [-0.3, -0.25) is 4.79 Å². The number of carbonyl (C=O) groups is 1. The first-order valence-electron chi connectivity index (χ1n) is 6.61. The number of hydrogen-bond donors (Lipinski definition) is 1. The van der Waals surface area contributed by atoms with E-state index >= 15 is 0 Å². The fraction of sp³-hybridized carbons (Fsp3) is 0.188. The molecule has 0 unspecified atom stereocenters. The summed E-state index contributed by atoms with van der Waals surface area (Å²) in [6.45, 7) is 0. The van der Waals surface area contributed by atoms with E-state index < -0.39 is 9.84 Å². The fourth-order valence-electron chi connectivity index (χ4n) is 1.92. The number of sulfone groups is 1. The van der Waals surface area contributed by atoms with Gasteiger partial charge in [-0.25, -0.2) is 8.42 Å². The van der Waals surface area contributed by atoms with Crippen LogP contribution in [-0.2, 0) is 21.1 Å². The molecule has 1 amide bonds. The average Bonchev–Trinajstić information content (AvgIpc) is 2.47. The predicted octanol–water partition coefficient (Wildman–Crippen LogP) is 2.28. The van der Waals surface area contributed by atoms with E-state index in [9.17, 15) is 13.2 Å². The van der Waals surface area contributed by atoms with Crippen molar-refractivity contribution in [2.45, 2.75) is 11.3 Å². The minimum atomic E-state index is -3.23. The molecule has 0 aromatic heterocycles. The van der Waals surface area contributed by atoms with E-state index in [4.69, 9.17) is 4.74 Å². The van der Waals surface area contributed by atoms with E-state index in [0.717, 1.165) is 17.6 Å². The van der Waals surface area contributed by atoms with Crippen LogP contribution in [0.25, 0.3) is 0 Å². The number of nitrogens with one attached hydrogen (secondary N) is 1. The quantitative estimate of drug-likeness (QED) is 0.917. The van der Waals surface area contributed by atoms with Gasteiger partial charge in [0.2, 0.25) is 5.91 Å². The van der Waals surface area contributed by atoms with Crippen LogP contribution in [-0.4, -0.2) is 27.7 Å². The zero-order valence-electron chi connectivity index (χ0n) is 12.4. The fourth-order valence-corrected chi connectivity index (χ4v) is 2.55. The molecule has 2 aromatic rings. The molecule has 0 saturated heterocycles. The smallest absolute Gasteiger partial charge is 0.228 e. The van der Waals surface area contributed by atoms with Gasteiger partial charge in [-0.2, -0.15) is 0 Å². The molecule has 6 heteroatoms. The van der Waals surface area contributed by atoms with Crippen LogP contribution >= 0.6 is 0 Å². The number of hydrogen-bond acceptors (Lipinski definition) is 4. The van der Waals surface area contributed by atoms with Crippen molar-refractivity contribution in [2.75, 3.05) is 18.7 Å². The lowest BCUT2D eigenvalue weighted by atomic mass is 10.1. The zero-order chi connectivity index (χ0) is 16.2. The Balaban J connectivity index is 1.99. The molecule has 0 radical (unpaired) electrons. The number of rotatable bonds is 5. The predicted molar refractivity (Wildman–Crippen MR) is 84.9 cm³/mol. The van der Waals surface area contributed by atoms with Crippen LogP contribution < -0.4 is 10.1 Å². The lowest BCUT2D eigenvalue weighted by molar-refractivity contribution is -0.115. The van der Waals surface area contributed by atoms with E-state index in [1.54, 1.807) is 31.4 Å². The molecule has 5 nitrogen and oxygen atoms in total. The molecule has 0 aliphatic carbocycles. The van der Waals surface area contributed by atoms with Gasteiger partial charge in [0.05, 0.1) is 18.4 Å². The Morgan fingerprint density at radius 3 is 2.14 bits per heavy atom. The van der Waals surface area contributed by atoms with Crippen molar-refractivity contribution in [2.24, 2.45) is 0 Å². The molecule has 0 atom stereocenters. The second-order valence-electron chi connectivity index (χ2n) is 4.87. The summed E-state index contributed by atoms with van der Waals surface area (Å²) in [5, 5.41) is 2.73. The van der Waals surface area contributed by atoms with Crippen LogP contribution in [0.4, 0.5) is 5.69 Å². The lowest BCUT2D eigenvalue weighted by Gasteiger charge is -2.07.